The van der Waals surface area contributed by atoms with Crippen LogP contribution in [0.25, 0.3) is 0 Å². The smallest absolute Gasteiger partial charge is 0.410 e. The Bertz CT molecular complexity index is 164. The number of nitrogens with zero attached hydrogens (tertiary/aromatic N) is 1. The lowest BCUT2D eigenvalue weighted by molar-refractivity contribution is 0.0632. The lowest BCUT2D eigenvalue weighted by Crippen LogP contribution is -2.37. The number of carbonyl (C=O) groups excluding carboxylic acids is 1. The maximum absolute atomic E-state index is 11.5. The number of piperidine rings is 1. The van der Waals surface area contributed by atoms with E-state index in [1.54, 1.807) is 0 Å². The first-order valence-corrected chi connectivity index (χ1v) is 5.19. The van der Waals surface area contributed by atoms with Crippen LogP contribution < -0.4 is 0 Å². The molecule has 1 saturated heterocycles. The highest BCUT2D eigenvalue weighted by molar-refractivity contribution is 5.67. The Labute approximate surface area is 80.1 Å². The van der Waals surface area contributed by atoms with Crippen LogP contribution in [0.4, 0.5) is 4.79 Å². The van der Waals surface area contributed by atoms with Crippen LogP contribution in [-0.2, 0) is 4.74 Å². The maximum atomic E-state index is 11.5. The summed E-state index contributed by atoms with van der Waals surface area (Å²) in [5.41, 5.74) is 0. The lowest BCUT2D eigenvalue weighted by Gasteiger charge is -2.27. The van der Waals surface area contributed by atoms with Crippen LogP contribution in [0, 0.1) is 0 Å². The summed E-state index contributed by atoms with van der Waals surface area (Å²) in [5, 5.41) is 0. The molecule has 1 rings (SSSR count). The van der Waals surface area contributed by atoms with Crippen molar-refractivity contribution in [1.82, 2.24) is 4.90 Å². The van der Waals surface area contributed by atoms with Crippen LogP contribution in [-0.4, -0.2) is 30.2 Å². The number of hydrogen-bond donors (Lipinski definition) is 0. The molecule has 0 aromatic rings. The molecular formula is C10H19NO2. The third-order valence-corrected chi connectivity index (χ3v) is 2.49. The first kappa shape index (κ1) is 10.4. The molecule has 1 fully saturated rings. The van der Waals surface area contributed by atoms with Gasteiger partial charge in [-0.25, -0.2) is 4.79 Å². The van der Waals surface area contributed by atoms with E-state index in [0.717, 1.165) is 32.4 Å². The molecule has 1 amide bonds. The third-order valence-electron chi connectivity index (χ3n) is 2.49. The van der Waals surface area contributed by atoms with Gasteiger partial charge < -0.3 is 9.64 Å². The molecule has 0 N–H and O–H groups in total. The summed E-state index contributed by atoms with van der Waals surface area (Å²) in [5.74, 6) is 0. The normalized spacial score (nSPS) is 19.7. The Kier molecular flexibility index (Phi) is 4.06. The third kappa shape index (κ3) is 3.25. The van der Waals surface area contributed by atoms with Crippen molar-refractivity contribution in [2.45, 2.75) is 45.6 Å². The van der Waals surface area contributed by atoms with Gasteiger partial charge in [0, 0.05) is 13.1 Å². The van der Waals surface area contributed by atoms with E-state index in [1.165, 1.54) is 6.42 Å². The first-order valence-electron chi connectivity index (χ1n) is 5.19. The Balaban J connectivity index is 2.29. The van der Waals surface area contributed by atoms with Crippen molar-refractivity contribution in [2.75, 3.05) is 13.1 Å². The van der Waals surface area contributed by atoms with Crippen LogP contribution in [0.3, 0.4) is 0 Å². The predicted molar refractivity (Wildman–Crippen MR) is 51.7 cm³/mol. The SMILES string of the molecule is CCC(C)OC(=O)N1CCCCC1. The summed E-state index contributed by atoms with van der Waals surface area (Å²) in [7, 11) is 0. The minimum Gasteiger partial charge on any atom is -0.446 e. The Morgan fingerprint density at radius 1 is 1.38 bits per heavy atom. The fourth-order valence-electron chi connectivity index (χ4n) is 1.41. The molecule has 0 aromatic heterocycles. The van der Waals surface area contributed by atoms with Gasteiger partial charge in [0.05, 0.1) is 0 Å². The molecule has 13 heavy (non-hydrogen) atoms. The second kappa shape index (κ2) is 5.10. The van der Waals surface area contributed by atoms with Gasteiger partial charge in [0.25, 0.3) is 0 Å². The summed E-state index contributed by atoms with van der Waals surface area (Å²) in [6.07, 6.45) is 4.29. The van der Waals surface area contributed by atoms with Crippen LogP contribution in [0.2, 0.25) is 0 Å². The van der Waals surface area contributed by atoms with E-state index in [-0.39, 0.29) is 12.2 Å². The standard InChI is InChI=1S/C10H19NO2/c1-3-9(2)13-10(12)11-7-5-4-6-8-11/h9H,3-8H2,1-2H3. The molecule has 1 heterocycles. The number of carbonyl (C=O) groups is 1. The summed E-state index contributed by atoms with van der Waals surface area (Å²) in [6.45, 7) is 5.69. The van der Waals surface area contributed by atoms with E-state index in [2.05, 4.69) is 0 Å². The topological polar surface area (TPSA) is 29.5 Å². The van der Waals surface area contributed by atoms with E-state index < -0.39 is 0 Å². The molecule has 0 radical (unpaired) electrons. The molecule has 0 aromatic carbocycles. The number of rotatable bonds is 2. The number of likely N-dealkylation sites (tertiary alicyclic amines) is 1. The summed E-state index contributed by atoms with van der Waals surface area (Å²) >= 11 is 0. The van der Waals surface area contributed by atoms with Crippen molar-refractivity contribution in [3.8, 4) is 0 Å². The molecule has 1 aliphatic heterocycles. The van der Waals surface area contributed by atoms with E-state index in [0.29, 0.717) is 0 Å². The van der Waals surface area contributed by atoms with Crippen molar-refractivity contribution >= 4 is 6.09 Å². The molecule has 3 nitrogen and oxygen atoms in total. The minimum atomic E-state index is -0.131. The highest BCUT2D eigenvalue weighted by atomic mass is 16.6. The molecule has 0 spiro atoms. The zero-order chi connectivity index (χ0) is 9.68. The van der Waals surface area contributed by atoms with E-state index in [1.807, 2.05) is 18.7 Å². The molecule has 76 valence electrons. The molecular weight excluding hydrogens is 166 g/mol. The van der Waals surface area contributed by atoms with Crippen LogP contribution >= 0.6 is 0 Å². The second-order valence-corrected chi connectivity index (χ2v) is 3.65. The highest BCUT2D eigenvalue weighted by Crippen LogP contribution is 2.11. The Hall–Kier alpha value is -0.730. The molecule has 0 bridgehead atoms. The van der Waals surface area contributed by atoms with Gasteiger partial charge in [-0.2, -0.15) is 0 Å². The van der Waals surface area contributed by atoms with Gasteiger partial charge in [0.15, 0.2) is 0 Å². The highest BCUT2D eigenvalue weighted by Gasteiger charge is 2.18. The van der Waals surface area contributed by atoms with Gasteiger partial charge in [-0.05, 0) is 32.6 Å². The number of hydrogen-bond acceptors (Lipinski definition) is 2. The van der Waals surface area contributed by atoms with E-state index in [9.17, 15) is 4.79 Å². The largest absolute Gasteiger partial charge is 0.446 e. The van der Waals surface area contributed by atoms with Gasteiger partial charge in [-0.15, -0.1) is 0 Å². The van der Waals surface area contributed by atoms with Crippen LogP contribution in [0.5, 0.6) is 0 Å². The van der Waals surface area contributed by atoms with E-state index in [4.69, 9.17) is 4.74 Å². The summed E-state index contributed by atoms with van der Waals surface area (Å²) in [6, 6.07) is 0. The zero-order valence-electron chi connectivity index (χ0n) is 8.58. The van der Waals surface area contributed by atoms with Crippen LogP contribution in [0.1, 0.15) is 39.5 Å². The lowest BCUT2D eigenvalue weighted by atomic mass is 10.1. The molecule has 1 aliphatic rings. The maximum Gasteiger partial charge on any atom is 0.410 e. The monoisotopic (exact) mass is 185 g/mol. The molecule has 1 atom stereocenters. The summed E-state index contributed by atoms with van der Waals surface area (Å²) in [4.78, 5) is 13.3. The molecule has 1 unspecified atom stereocenters. The average Bonchev–Trinajstić information content (AvgIpc) is 2.19. The molecule has 3 heteroatoms. The van der Waals surface area contributed by atoms with Gasteiger partial charge in [-0.3, -0.25) is 0 Å². The van der Waals surface area contributed by atoms with Crippen molar-refractivity contribution in [2.24, 2.45) is 0 Å². The quantitative estimate of drug-likeness (QED) is 0.661. The Morgan fingerprint density at radius 3 is 2.54 bits per heavy atom. The minimum absolute atomic E-state index is 0.0504. The predicted octanol–water partition coefficient (Wildman–Crippen LogP) is 2.41. The van der Waals surface area contributed by atoms with Crippen LogP contribution in [0.15, 0.2) is 0 Å². The second-order valence-electron chi connectivity index (χ2n) is 3.65. The van der Waals surface area contributed by atoms with Gasteiger partial charge >= 0.3 is 6.09 Å². The number of ether oxygens (including phenoxy) is 1. The first-order chi connectivity index (χ1) is 6.24. The fraction of sp³-hybridized carbons (Fsp3) is 0.900. The number of amides is 1. The zero-order valence-corrected chi connectivity index (χ0v) is 8.58. The Morgan fingerprint density at radius 2 is 2.00 bits per heavy atom. The fourth-order valence-corrected chi connectivity index (χ4v) is 1.41. The molecule has 0 aliphatic carbocycles. The van der Waals surface area contributed by atoms with E-state index >= 15 is 0 Å². The van der Waals surface area contributed by atoms with Gasteiger partial charge in [-0.1, -0.05) is 6.92 Å². The average molecular weight is 185 g/mol. The van der Waals surface area contributed by atoms with Gasteiger partial charge in [0.1, 0.15) is 6.10 Å². The van der Waals surface area contributed by atoms with Crippen molar-refractivity contribution in [1.29, 1.82) is 0 Å². The van der Waals surface area contributed by atoms with Gasteiger partial charge in [0.2, 0.25) is 0 Å². The van der Waals surface area contributed by atoms with Crippen molar-refractivity contribution in [3.63, 3.8) is 0 Å². The van der Waals surface area contributed by atoms with Crippen molar-refractivity contribution in [3.05, 3.63) is 0 Å². The summed E-state index contributed by atoms with van der Waals surface area (Å²) < 4.78 is 5.23. The van der Waals surface area contributed by atoms with Crippen molar-refractivity contribution < 1.29 is 9.53 Å². The molecule has 0 saturated carbocycles.